The molecule has 1 aliphatic carbocycles. The van der Waals surface area contributed by atoms with Crippen molar-refractivity contribution in [2.24, 2.45) is 5.73 Å². The third kappa shape index (κ3) is 2.72. The zero-order valence-electron chi connectivity index (χ0n) is 15.5. The summed E-state index contributed by atoms with van der Waals surface area (Å²) >= 11 is 0. The van der Waals surface area contributed by atoms with Crippen LogP contribution < -0.4 is 11.5 Å². The molecule has 0 saturated heterocycles. The maximum absolute atomic E-state index is 6.48. The van der Waals surface area contributed by atoms with Gasteiger partial charge in [-0.15, -0.1) is 0 Å². The molecule has 1 saturated carbocycles. The van der Waals surface area contributed by atoms with Gasteiger partial charge in [0.1, 0.15) is 12.1 Å². The van der Waals surface area contributed by atoms with Crippen LogP contribution in [0.25, 0.3) is 33.4 Å². The molecule has 2 heterocycles. The average Bonchev–Trinajstić information content (AvgIpc) is 2.72. The van der Waals surface area contributed by atoms with Crippen molar-refractivity contribution in [3.8, 4) is 22.4 Å². The molecule has 138 valence electrons. The van der Waals surface area contributed by atoms with Gasteiger partial charge >= 0.3 is 0 Å². The Labute approximate surface area is 163 Å². The summed E-state index contributed by atoms with van der Waals surface area (Å²) < 4.78 is 0. The van der Waals surface area contributed by atoms with Crippen LogP contribution in [0, 0.1) is 0 Å². The fourth-order valence-corrected chi connectivity index (χ4v) is 3.87. The summed E-state index contributed by atoms with van der Waals surface area (Å²) in [5.74, 6) is 0.437. The number of anilines is 1. The van der Waals surface area contributed by atoms with E-state index in [-0.39, 0.29) is 5.54 Å². The molecule has 1 aliphatic rings. The Morgan fingerprint density at radius 1 is 0.857 bits per heavy atom. The summed E-state index contributed by atoms with van der Waals surface area (Å²) in [6, 6.07) is 20.7. The summed E-state index contributed by atoms with van der Waals surface area (Å²) in [7, 11) is 0. The van der Waals surface area contributed by atoms with Crippen molar-refractivity contribution in [2.45, 2.75) is 24.8 Å². The van der Waals surface area contributed by atoms with Crippen molar-refractivity contribution in [3.63, 3.8) is 0 Å². The van der Waals surface area contributed by atoms with Gasteiger partial charge in [-0.25, -0.2) is 15.0 Å². The molecule has 0 radical (unpaired) electrons. The highest BCUT2D eigenvalue weighted by Crippen LogP contribution is 2.40. The monoisotopic (exact) mass is 367 g/mol. The van der Waals surface area contributed by atoms with E-state index in [0.29, 0.717) is 11.5 Å². The van der Waals surface area contributed by atoms with Crippen LogP contribution in [0.4, 0.5) is 5.82 Å². The SMILES string of the molecule is Nc1ncnc2nc(-c3ccc(C4(N)CCC4)cc3)c(-c3ccccc3)cc12. The molecule has 5 nitrogen and oxygen atoms in total. The van der Waals surface area contributed by atoms with E-state index < -0.39 is 0 Å². The van der Waals surface area contributed by atoms with Crippen LogP contribution in [0.5, 0.6) is 0 Å². The van der Waals surface area contributed by atoms with Gasteiger partial charge in [0.2, 0.25) is 0 Å². The number of hydrogen-bond acceptors (Lipinski definition) is 5. The first kappa shape index (κ1) is 16.8. The molecule has 1 fully saturated rings. The average molecular weight is 367 g/mol. The number of nitrogen functional groups attached to an aromatic ring is 1. The smallest absolute Gasteiger partial charge is 0.165 e. The molecule has 4 aromatic rings. The van der Waals surface area contributed by atoms with E-state index in [1.165, 1.54) is 18.3 Å². The van der Waals surface area contributed by atoms with Crippen molar-refractivity contribution in [2.75, 3.05) is 5.73 Å². The van der Waals surface area contributed by atoms with Crippen LogP contribution in [0.15, 0.2) is 67.0 Å². The highest BCUT2D eigenvalue weighted by atomic mass is 15.0. The zero-order valence-corrected chi connectivity index (χ0v) is 15.5. The summed E-state index contributed by atoms with van der Waals surface area (Å²) in [5, 5.41) is 0.761. The van der Waals surface area contributed by atoms with E-state index in [9.17, 15) is 0 Å². The van der Waals surface area contributed by atoms with E-state index in [1.54, 1.807) is 0 Å². The lowest BCUT2D eigenvalue weighted by atomic mass is 9.72. The highest BCUT2D eigenvalue weighted by Gasteiger charge is 2.34. The molecule has 0 atom stereocenters. The van der Waals surface area contributed by atoms with Crippen molar-refractivity contribution in [1.29, 1.82) is 0 Å². The lowest BCUT2D eigenvalue weighted by Gasteiger charge is -2.38. The first-order valence-electron chi connectivity index (χ1n) is 9.50. The molecule has 5 rings (SSSR count). The van der Waals surface area contributed by atoms with Crippen LogP contribution in [-0.2, 0) is 5.54 Å². The minimum atomic E-state index is -0.167. The fourth-order valence-electron chi connectivity index (χ4n) is 3.87. The van der Waals surface area contributed by atoms with Crippen LogP contribution in [0.2, 0.25) is 0 Å². The van der Waals surface area contributed by atoms with E-state index >= 15 is 0 Å². The second kappa shape index (κ2) is 6.39. The molecule has 0 bridgehead atoms. The second-order valence-electron chi connectivity index (χ2n) is 7.47. The quantitative estimate of drug-likeness (QED) is 0.564. The number of hydrogen-bond donors (Lipinski definition) is 2. The zero-order chi connectivity index (χ0) is 19.1. The number of rotatable bonds is 3. The van der Waals surface area contributed by atoms with Crippen LogP contribution in [-0.4, -0.2) is 15.0 Å². The van der Waals surface area contributed by atoms with Gasteiger partial charge < -0.3 is 11.5 Å². The first-order valence-corrected chi connectivity index (χ1v) is 9.50. The van der Waals surface area contributed by atoms with Crippen molar-refractivity contribution < 1.29 is 0 Å². The Hall–Kier alpha value is -3.31. The maximum atomic E-state index is 6.48. The number of aromatic nitrogens is 3. The van der Waals surface area contributed by atoms with E-state index in [0.717, 1.165) is 40.6 Å². The Morgan fingerprint density at radius 3 is 2.29 bits per heavy atom. The number of benzene rings is 2. The maximum Gasteiger partial charge on any atom is 0.165 e. The normalized spacial score (nSPS) is 15.3. The Balaban J connectivity index is 1.69. The van der Waals surface area contributed by atoms with Gasteiger partial charge in [-0.1, -0.05) is 54.6 Å². The Bertz CT molecular complexity index is 1150. The summed E-state index contributed by atoms with van der Waals surface area (Å²) in [4.78, 5) is 13.3. The van der Waals surface area contributed by atoms with Crippen molar-refractivity contribution in [3.05, 3.63) is 72.6 Å². The third-order valence-electron chi connectivity index (χ3n) is 5.72. The minimum Gasteiger partial charge on any atom is -0.383 e. The molecular formula is C23H21N5. The van der Waals surface area contributed by atoms with Gasteiger partial charge in [0.05, 0.1) is 11.1 Å². The summed E-state index contributed by atoms with van der Waals surface area (Å²) in [5.41, 5.74) is 18.2. The molecule has 0 spiro atoms. The molecule has 0 amide bonds. The van der Waals surface area contributed by atoms with E-state index in [1.807, 2.05) is 24.3 Å². The second-order valence-corrected chi connectivity index (χ2v) is 7.47. The molecule has 5 heteroatoms. The Morgan fingerprint density at radius 2 is 1.61 bits per heavy atom. The van der Waals surface area contributed by atoms with Crippen LogP contribution >= 0.6 is 0 Å². The van der Waals surface area contributed by atoms with E-state index in [2.05, 4.69) is 46.4 Å². The highest BCUT2D eigenvalue weighted by molar-refractivity contribution is 5.94. The summed E-state index contributed by atoms with van der Waals surface area (Å²) in [6.45, 7) is 0. The first-order chi connectivity index (χ1) is 13.6. The van der Waals surface area contributed by atoms with Crippen LogP contribution in [0.1, 0.15) is 24.8 Å². The number of nitrogens with zero attached hydrogens (tertiary/aromatic N) is 3. The van der Waals surface area contributed by atoms with Gasteiger partial charge in [0.25, 0.3) is 0 Å². The third-order valence-corrected chi connectivity index (χ3v) is 5.72. The lowest BCUT2D eigenvalue weighted by molar-refractivity contribution is 0.253. The number of pyridine rings is 1. The minimum absolute atomic E-state index is 0.167. The van der Waals surface area contributed by atoms with Gasteiger partial charge in [0.15, 0.2) is 5.65 Å². The molecule has 2 aromatic heterocycles. The molecular weight excluding hydrogens is 346 g/mol. The molecule has 4 N–H and O–H groups in total. The molecule has 0 unspecified atom stereocenters. The van der Waals surface area contributed by atoms with Gasteiger partial charge in [-0.3, -0.25) is 0 Å². The van der Waals surface area contributed by atoms with Gasteiger partial charge in [-0.2, -0.15) is 0 Å². The largest absolute Gasteiger partial charge is 0.383 e. The number of fused-ring (bicyclic) bond motifs is 1. The standard InChI is InChI=1S/C23H21N5/c24-21-19-13-18(15-5-2-1-3-6-15)20(28-22(19)27-14-26-21)16-7-9-17(10-8-16)23(25)11-4-12-23/h1-3,5-10,13-14H,4,11-12,25H2,(H2,24,26,27,28). The predicted molar refractivity (Wildman–Crippen MR) is 112 cm³/mol. The molecule has 2 aromatic carbocycles. The molecule has 28 heavy (non-hydrogen) atoms. The van der Waals surface area contributed by atoms with Gasteiger partial charge in [0, 0.05) is 16.7 Å². The number of nitrogens with two attached hydrogens (primary N) is 2. The van der Waals surface area contributed by atoms with Crippen molar-refractivity contribution in [1.82, 2.24) is 15.0 Å². The molecule has 0 aliphatic heterocycles. The Kier molecular flexibility index (Phi) is 3.84. The van der Waals surface area contributed by atoms with Crippen LogP contribution in [0.3, 0.4) is 0 Å². The van der Waals surface area contributed by atoms with Crippen molar-refractivity contribution >= 4 is 16.9 Å². The fraction of sp³-hybridized carbons (Fsp3) is 0.174. The lowest BCUT2D eigenvalue weighted by Crippen LogP contribution is -2.43. The topological polar surface area (TPSA) is 90.7 Å². The van der Waals surface area contributed by atoms with Gasteiger partial charge in [-0.05, 0) is 36.5 Å². The summed E-state index contributed by atoms with van der Waals surface area (Å²) in [6.07, 6.45) is 4.75. The van der Waals surface area contributed by atoms with E-state index in [4.69, 9.17) is 16.5 Å². The predicted octanol–water partition coefficient (Wildman–Crippen LogP) is 4.28.